The van der Waals surface area contributed by atoms with E-state index in [4.69, 9.17) is 0 Å². The Kier molecular flexibility index (Phi) is 10.2. The second kappa shape index (κ2) is 11.3. The number of rotatable bonds is 9. The lowest BCUT2D eigenvalue weighted by atomic mass is 9.84. The molecule has 1 amide bonds. The van der Waals surface area contributed by atoms with Gasteiger partial charge in [-0.25, -0.2) is 4.39 Å². The molecule has 0 aromatic heterocycles. The standard InChI is InChI=1S/C22H38BrFN2O2/c1-7-17(23)15-20(24)16(3)25(6)14-13-22(4,5)21(28)26(8-2)18-9-11-19(27)12-10-18/h15,18-19,27H,7-14H2,1-6H3/b17-15+,20-16-/t18-,19+. The molecule has 0 saturated heterocycles. The van der Waals surface area contributed by atoms with E-state index in [-0.39, 0.29) is 23.9 Å². The molecule has 6 heteroatoms. The van der Waals surface area contributed by atoms with Crippen LogP contribution in [0, 0.1) is 5.41 Å². The molecule has 0 bridgehead atoms. The van der Waals surface area contributed by atoms with E-state index in [9.17, 15) is 14.3 Å². The summed E-state index contributed by atoms with van der Waals surface area (Å²) in [7, 11) is 1.86. The van der Waals surface area contributed by atoms with Crippen molar-refractivity contribution in [1.82, 2.24) is 9.80 Å². The van der Waals surface area contributed by atoms with E-state index in [1.165, 1.54) is 6.08 Å². The minimum Gasteiger partial charge on any atom is -0.393 e. The molecule has 0 spiro atoms. The number of nitrogens with zero attached hydrogens (tertiary/aromatic N) is 2. The van der Waals surface area contributed by atoms with Crippen LogP contribution >= 0.6 is 15.9 Å². The molecule has 0 atom stereocenters. The number of allylic oxidation sites excluding steroid dienone is 4. The predicted octanol–water partition coefficient (Wildman–Crippen LogP) is 5.38. The fourth-order valence-corrected chi connectivity index (χ4v) is 3.78. The first-order valence-electron chi connectivity index (χ1n) is 10.5. The van der Waals surface area contributed by atoms with Gasteiger partial charge in [0.25, 0.3) is 0 Å². The molecule has 162 valence electrons. The van der Waals surface area contributed by atoms with Crippen LogP contribution in [0.4, 0.5) is 4.39 Å². The van der Waals surface area contributed by atoms with Crippen molar-refractivity contribution < 1.29 is 14.3 Å². The maximum Gasteiger partial charge on any atom is 0.228 e. The van der Waals surface area contributed by atoms with Gasteiger partial charge in [-0.05, 0) is 62.9 Å². The van der Waals surface area contributed by atoms with Crippen LogP contribution in [-0.2, 0) is 4.79 Å². The number of carbonyl (C=O) groups excluding carboxylic acids is 1. The summed E-state index contributed by atoms with van der Waals surface area (Å²) in [5, 5.41) is 9.74. The summed E-state index contributed by atoms with van der Waals surface area (Å²) in [5.41, 5.74) is 0.0546. The lowest BCUT2D eigenvalue weighted by Gasteiger charge is -2.40. The summed E-state index contributed by atoms with van der Waals surface area (Å²) in [5.74, 6) is -0.100. The molecular formula is C22H38BrFN2O2. The highest BCUT2D eigenvalue weighted by Crippen LogP contribution is 2.30. The Morgan fingerprint density at radius 1 is 1.25 bits per heavy atom. The summed E-state index contributed by atoms with van der Waals surface area (Å²) < 4.78 is 15.2. The monoisotopic (exact) mass is 460 g/mol. The Labute approximate surface area is 179 Å². The zero-order valence-electron chi connectivity index (χ0n) is 18.4. The minimum absolute atomic E-state index is 0.153. The summed E-state index contributed by atoms with van der Waals surface area (Å²) in [6, 6.07) is 0.216. The molecule has 0 unspecified atom stereocenters. The van der Waals surface area contributed by atoms with Crippen molar-refractivity contribution in [1.29, 1.82) is 0 Å². The molecule has 4 nitrogen and oxygen atoms in total. The first-order valence-corrected chi connectivity index (χ1v) is 11.3. The largest absolute Gasteiger partial charge is 0.393 e. The van der Waals surface area contributed by atoms with Crippen molar-refractivity contribution in [2.75, 3.05) is 20.1 Å². The fourth-order valence-electron chi connectivity index (χ4n) is 3.57. The van der Waals surface area contributed by atoms with Crippen LogP contribution in [-0.4, -0.2) is 53.1 Å². The van der Waals surface area contributed by atoms with E-state index in [1.807, 2.05) is 44.5 Å². The Balaban J connectivity index is 2.75. The molecule has 0 aliphatic heterocycles. The molecule has 0 aromatic rings. The number of hydrogen-bond acceptors (Lipinski definition) is 3. The third-order valence-corrected chi connectivity index (χ3v) is 6.69. The summed E-state index contributed by atoms with van der Waals surface area (Å²) in [4.78, 5) is 17.1. The van der Waals surface area contributed by atoms with Gasteiger partial charge in [0, 0.05) is 37.3 Å². The molecule has 1 N–H and O–H groups in total. The molecular weight excluding hydrogens is 423 g/mol. The van der Waals surface area contributed by atoms with Crippen molar-refractivity contribution in [2.24, 2.45) is 5.41 Å². The Bertz CT molecular complexity index is 581. The van der Waals surface area contributed by atoms with Crippen LogP contribution in [0.2, 0.25) is 0 Å². The van der Waals surface area contributed by atoms with Gasteiger partial charge in [0.05, 0.1) is 6.10 Å². The molecule has 1 aliphatic carbocycles. The zero-order valence-corrected chi connectivity index (χ0v) is 20.0. The predicted molar refractivity (Wildman–Crippen MR) is 118 cm³/mol. The minimum atomic E-state index is -0.517. The Morgan fingerprint density at radius 2 is 1.82 bits per heavy atom. The third kappa shape index (κ3) is 7.18. The van der Waals surface area contributed by atoms with Gasteiger partial charge < -0.3 is 14.9 Å². The number of amides is 1. The molecule has 0 aromatic carbocycles. The highest BCUT2D eigenvalue weighted by Gasteiger charge is 2.36. The lowest BCUT2D eigenvalue weighted by Crippen LogP contribution is -2.48. The van der Waals surface area contributed by atoms with Gasteiger partial charge in [-0.15, -0.1) is 0 Å². The molecule has 1 aliphatic rings. The number of halogens is 2. The lowest BCUT2D eigenvalue weighted by molar-refractivity contribution is -0.144. The van der Waals surface area contributed by atoms with Gasteiger partial charge in [0.1, 0.15) is 5.83 Å². The molecule has 0 heterocycles. The molecule has 0 radical (unpaired) electrons. The second-order valence-electron chi connectivity index (χ2n) is 8.49. The highest BCUT2D eigenvalue weighted by atomic mass is 79.9. The molecule has 28 heavy (non-hydrogen) atoms. The van der Waals surface area contributed by atoms with Crippen LogP contribution in [0.1, 0.15) is 73.1 Å². The van der Waals surface area contributed by atoms with E-state index < -0.39 is 5.41 Å². The van der Waals surface area contributed by atoms with Gasteiger partial charge in [-0.3, -0.25) is 4.79 Å². The topological polar surface area (TPSA) is 43.8 Å². The Hall–Kier alpha value is -0.880. The number of carbonyl (C=O) groups is 1. The van der Waals surface area contributed by atoms with Crippen molar-refractivity contribution in [3.8, 4) is 0 Å². The van der Waals surface area contributed by atoms with Crippen molar-refractivity contribution in [3.05, 3.63) is 22.1 Å². The average Bonchev–Trinajstić information content (AvgIpc) is 2.67. The first-order chi connectivity index (χ1) is 13.0. The molecule has 1 rings (SSSR count). The smallest absolute Gasteiger partial charge is 0.228 e. The van der Waals surface area contributed by atoms with E-state index in [1.54, 1.807) is 6.92 Å². The van der Waals surface area contributed by atoms with Gasteiger partial charge in [0.2, 0.25) is 5.91 Å². The van der Waals surface area contributed by atoms with E-state index in [0.29, 0.717) is 25.2 Å². The van der Waals surface area contributed by atoms with E-state index >= 15 is 0 Å². The summed E-state index contributed by atoms with van der Waals surface area (Å²) in [6.07, 6.45) is 5.94. The van der Waals surface area contributed by atoms with Crippen LogP contribution in [0.5, 0.6) is 0 Å². The number of aliphatic hydroxyl groups is 1. The van der Waals surface area contributed by atoms with Crippen molar-refractivity contribution >= 4 is 21.8 Å². The van der Waals surface area contributed by atoms with Crippen LogP contribution in [0.15, 0.2) is 22.1 Å². The highest BCUT2D eigenvalue weighted by molar-refractivity contribution is 9.11. The average molecular weight is 461 g/mol. The summed E-state index contributed by atoms with van der Waals surface area (Å²) in [6.45, 7) is 11.0. The Morgan fingerprint density at radius 3 is 2.32 bits per heavy atom. The van der Waals surface area contributed by atoms with Crippen LogP contribution in [0.3, 0.4) is 0 Å². The third-order valence-electron chi connectivity index (χ3n) is 5.90. The molecule has 1 saturated carbocycles. The van der Waals surface area contributed by atoms with Crippen LogP contribution < -0.4 is 0 Å². The summed E-state index contributed by atoms with van der Waals surface area (Å²) >= 11 is 3.35. The van der Waals surface area contributed by atoms with Gasteiger partial charge >= 0.3 is 0 Å². The number of aliphatic hydroxyl groups excluding tert-OH is 1. The number of hydrogen-bond donors (Lipinski definition) is 1. The second-order valence-corrected chi connectivity index (χ2v) is 9.51. The fraction of sp³-hybridized carbons (Fsp3) is 0.773. The SMILES string of the molecule is CC/C(Br)=C\C(F)=C(/C)N(C)CCC(C)(C)C(=O)N(CC)[C@H]1CC[C@@H](O)CC1. The van der Waals surface area contributed by atoms with Gasteiger partial charge in [0.15, 0.2) is 0 Å². The van der Waals surface area contributed by atoms with Gasteiger partial charge in [-0.2, -0.15) is 0 Å². The van der Waals surface area contributed by atoms with E-state index in [2.05, 4.69) is 15.9 Å². The normalized spacial score (nSPS) is 22.0. The quantitative estimate of drug-likeness (QED) is 0.469. The van der Waals surface area contributed by atoms with Gasteiger partial charge in [-0.1, -0.05) is 36.7 Å². The van der Waals surface area contributed by atoms with Crippen LogP contribution in [0.25, 0.3) is 0 Å². The maximum absolute atomic E-state index is 14.4. The van der Waals surface area contributed by atoms with E-state index in [0.717, 1.165) is 36.6 Å². The molecule has 1 fully saturated rings. The zero-order chi connectivity index (χ0) is 21.5. The van der Waals surface area contributed by atoms with Crippen molar-refractivity contribution in [2.45, 2.75) is 85.3 Å². The maximum atomic E-state index is 14.4. The van der Waals surface area contributed by atoms with Crippen molar-refractivity contribution in [3.63, 3.8) is 0 Å². The first kappa shape index (κ1) is 25.2.